The van der Waals surface area contributed by atoms with E-state index in [9.17, 15) is 9.90 Å². The Kier molecular flexibility index (Phi) is 4.97. The number of aliphatic hydroxyl groups excluding tert-OH is 1. The molecule has 0 radical (unpaired) electrons. The molecule has 4 nitrogen and oxygen atoms in total. The predicted octanol–water partition coefficient (Wildman–Crippen LogP) is 2.85. The summed E-state index contributed by atoms with van der Waals surface area (Å²) < 4.78 is 6.96. The van der Waals surface area contributed by atoms with Gasteiger partial charge in [-0.15, -0.1) is 0 Å². The van der Waals surface area contributed by atoms with Crippen LogP contribution in [-0.4, -0.2) is 53.4 Å². The minimum absolute atomic E-state index is 0.00212. The van der Waals surface area contributed by atoms with Gasteiger partial charge < -0.3 is 14.3 Å². The van der Waals surface area contributed by atoms with Crippen LogP contribution in [0.5, 0.6) is 0 Å². The van der Waals surface area contributed by atoms with Crippen LogP contribution < -0.4 is 0 Å². The lowest BCUT2D eigenvalue weighted by Crippen LogP contribution is -2.62. The van der Waals surface area contributed by atoms with Gasteiger partial charge in [0.15, 0.2) is 0 Å². The quantitative estimate of drug-likeness (QED) is 0.666. The van der Waals surface area contributed by atoms with Crippen LogP contribution >= 0.6 is 0 Å². The summed E-state index contributed by atoms with van der Waals surface area (Å²) in [5.41, 5.74) is 0.826. The number of hydrogen-bond donors (Lipinski definition) is 1. The number of hydrogen-bond acceptors (Lipinski definition) is 3. The van der Waals surface area contributed by atoms with Gasteiger partial charge in [-0.2, -0.15) is 0 Å². The number of benzene rings is 1. The average Bonchev–Trinajstić information content (AvgIpc) is 2.74. The van der Waals surface area contributed by atoms with Gasteiger partial charge in [0.2, 0.25) is 0 Å². The van der Waals surface area contributed by atoms with E-state index in [1.165, 1.54) is 12.8 Å². The number of esters is 1. The maximum Gasteiger partial charge on any atom is 0.316 e. The normalized spacial score (nSPS) is 33.5. The largest absolute Gasteiger partial charge is 0.461 e. The summed E-state index contributed by atoms with van der Waals surface area (Å²) in [4.78, 5) is 12.6. The lowest BCUT2D eigenvalue weighted by Gasteiger charge is -2.49. The maximum atomic E-state index is 12.6. The van der Waals surface area contributed by atoms with Crippen LogP contribution in [-0.2, 0) is 9.53 Å². The molecule has 0 amide bonds. The van der Waals surface area contributed by atoms with E-state index in [0.717, 1.165) is 22.9 Å². The first-order valence-electron chi connectivity index (χ1n) is 9.18. The third kappa shape index (κ3) is 2.98. The highest BCUT2D eigenvalue weighted by Crippen LogP contribution is 2.44. The average molecular weight is 332 g/mol. The third-order valence-corrected chi connectivity index (χ3v) is 6.54. The Bertz CT molecular complexity index is 558. The van der Waals surface area contributed by atoms with Crippen LogP contribution in [0, 0.1) is 0 Å². The summed E-state index contributed by atoms with van der Waals surface area (Å²) in [6.07, 6.45) is 4.36. The van der Waals surface area contributed by atoms with Crippen LogP contribution in [0.15, 0.2) is 30.3 Å². The van der Waals surface area contributed by atoms with Crippen LogP contribution in [0.1, 0.15) is 51.0 Å². The van der Waals surface area contributed by atoms with Gasteiger partial charge in [-0.05, 0) is 19.4 Å². The molecule has 4 heteroatoms. The van der Waals surface area contributed by atoms with Gasteiger partial charge in [0.25, 0.3) is 0 Å². The Morgan fingerprint density at radius 1 is 1.21 bits per heavy atom. The molecule has 3 rings (SSSR count). The Hall–Kier alpha value is -1.39. The fourth-order valence-corrected chi connectivity index (χ4v) is 4.82. The number of rotatable bonds is 5. The molecule has 2 aliphatic rings. The zero-order chi connectivity index (χ0) is 17.3. The lowest BCUT2D eigenvalue weighted by molar-refractivity contribution is -0.968. The Labute approximate surface area is 145 Å². The minimum Gasteiger partial charge on any atom is -0.461 e. The Morgan fingerprint density at radius 2 is 1.79 bits per heavy atom. The van der Waals surface area contributed by atoms with E-state index in [-0.39, 0.29) is 18.7 Å². The molecule has 1 aromatic rings. The topological polar surface area (TPSA) is 46.5 Å². The summed E-state index contributed by atoms with van der Waals surface area (Å²) in [6, 6.07) is 11.2. The zero-order valence-electron chi connectivity index (χ0n) is 15.0. The van der Waals surface area contributed by atoms with Crippen molar-refractivity contribution in [2.24, 2.45) is 0 Å². The van der Waals surface area contributed by atoms with E-state index in [0.29, 0.717) is 18.1 Å². The number of piperidine rings is 1. The molecule has 2 unspecified atom stereocenters. The molecule has 1 N–H and O–H groups in total. The minimum atomic E-state index is -0.572. The first kappa shape index (κ1) is 17.4. The second-order valence-corrected chi connectivity index (χ2v) is 7.88. The smallest absolute Gasteiger partial charge is 0.316 e. The SMILES string of the molecule is CC(C)[N+]1(C)[C@@H]2CC[C@H]1CC(OC(=O)[C@H](CO)c1ccccc1)C2. The molecule has 24 heavy (non-hydrogen) atoms. The summed E-state index contributed by atoms with van der Waals surface area (Å²) in [5, 5.41) is 9.65. The molecule has 2 fully saturated rings. The molecule has 0 saturated carbocycles. The van der Waals surface area contributed by atoms with Gasteiger partial charge in [-0.25, -0.2) is 0 Å². The van der Waals surface area contributed by atoms with Gasteiger partial charge in [-0.3, -0.25) is 4.79 Å². The van der Waals surface area contributed by atoms with E-state index in [1.54, 1.807) is 0 Å². The van der Waals surface area contributed by atoms with Crippen molar-refractivity contribution in [2.75, 3.05) is 13.7 Å². The van der Waals surface area contributed by atoms with Crippen molar-refractivity contribution >= 4 is 5.97 Å². The predicted molar refractivity (Wildman–Crippen MR) is 93.5 cm³/mol. The highest BCUT2D eigenvalue weighted by molar-refractivity contribution is 5.78. The number of carbonyl (C=O) groups excluding carboxylic acids is 1. The van der Waals surface area contributed by atoms with Gasteiger partial charge in [0, 0.05) is 25.7 Å². The first-order chi connectivity index (χ1) is 11.5. The molecule has 132 valence electrons. The van der Waals surface area contributed by atoms with Gasteiger partial charge in [0.1, 0.15) is 12.0 Å². The van der Waals surface area contributed by atoms with Crippen molar-refractivity contribution in [1.82, 2.24) is 0 Å². The molecule has 2 bridgehead atoms. The third-order valence-electron chi connectivity index (χ3n) is 6.54. The van der Waals surface area contributed by atoms with E-state index in [1.807, 2.05) is 30.3 Å². The van der Waals surface area contributed by atoms with Crippen molar-refractivity contribution in [3.63, 3.8) is 0 Å². The fraction of sp³-hybridized carbons (Fsp3) is 0.650. The summed E-state index contributed by atoms with van der Waals surface area (Å²) in [5.74, 6) is -0.856. The van der Waals surface area contributed by atoms with Crippen molar-refractivity contribution < 1.29 is 19.1 Å². The highest BCUT2D eigenvalue weighted by atomic mass is 16.5. The lowest BCUT2D eigenvalue weighted by atomic mass is 9.94. The molecular weight excluding hydrogens is 302 g/mol. The molecule has 2 saturated heterocycles. The second-order valence-electron chi connectivity index (χ2n) is 7.88. The standard InChI is InChI=1S/C20H30NO3/c1-14(2)21(3)16-9-10-17(21)12-18(11-16)24-20(23)19(13-22)15-7-5-4-6-8-15/h4-8,14,16-19,22H,9-13H2,1-3H3/q+1/t16-,17+,18?,19-,21?/m1/s1. The molecule has 0 spiro atoms. The molecule has 1 aromatic carbocycles. The molecule has 2 aliphatic heterocycles. The summed E-state index contributed by atoms with van der Waals surface area (Å²) in [6.45, 7) is 4.39. The molecular formula is C20H30NO3+. The molecule has 5 atom stereocenters. The van der Waals surface area contributed by atoms with Crippen molar-refractivity contribution in [3.05, 3.63) is 35.9 Å². The molecule has 2 heterocycles. The van der Waals surface area contributed by atoms with Gasteiger partial charge >= 0.3 is 5.97 Å². The van der Waals surface area contributed by atoms with Crippen LogP contribution in [0.4, 0.5) is 0 Å². The van der Waals surface area contributed by atoms with Crippen LogP contribution in [0.25, 0.3) is 0 Å². The number of nitrogens with zero attached hydrogens (tertiary/aromatic N) is 1. The van der Waals surface area contributed by atoms with E-state index in [4.69, 9.17) is 4.74 Å². The van der Waals surface area contributed by atoms with Crippen LogP contribution in [0.2, 0.25) is 0 Å². The van der Waals surface area contributed by atoms with Crippen molar-refractivity contribution in [2.45, 2.75) is 69.7 Å². The van der Waals surface area contributed by atoms with Crippen molar-refractivity contribution in [1.29, 1.82) is 0 Å². The van der Waals surface area contributed by atoms with Gasteiger partial charge in [-0.1, -0.05) is 30.3 Å². The van der Waals surface area contributed by atoms with Crippen molar-refractivity contribution in [3.8, 4) is 0 Å². The van der Waals surface area contributed by atoms with E-state index in [2.05, 4.69) is 20.9 Å². The number of aliphatic hydroxyl groups is 1. The Balaban J connectivity index is 1.66. The van der Waals surface area contributed by atoms with Crippen LogP contribution in [0.3, 0.4) is 0 Å². The second kappa shape index (κ2) is 6.85. The van der Waals surface area contributed by atoms with E-state index >= 15 is 0 Å². The Morgan fingerprint density at radius 3 is 2.29 bits per heavy atom. The number of carbonyl (C=O) groups is 1. The fourth-order valence-electron chi connectivity index (χ4n) is 4.82. The molecule has 0 aromatic heterocycles. The maximum absolute atomic E-state index is 12.6. The zero-order valence-corrected chi connectivity index (χ0v) is 15.0. The monoisotopic (exact) mass is 332 g/mol. The van der Waals surface area contributed by atoms with Gasteiger partial charge in [0.05, 0.1) is 31.8 Å². The highest BCUT2D eigenvalue weighted by Gasteiger charge is 2.53. The summed E-state index contributed by atoms with van der Waals surface area (Å²) in [7, 11) is 2.37. The first-order valence-corrected chi connectivity index (χ1v) is 9.18. The summed E-state index contributed by atoms with van der Waals surface area (Å²) >= 11 is 0. The number of fused-ring (bicyclic) bond motifs is 2. The van der Waals surface area contributed by atoms with E-state index < -0.39 is 5.92 Å². The molecule has 0 aliphatic carbocycles. The number of quaternary nitrogens is 1. The number of ether oxygens (including phenoxy) is 1.